The molecule has 1 heterocycles. The zero-order valence-electron chi connectivity index (χ0n) is 9.02. The third-order valence-electron chi connectivity index (χ3n) is 3.22. The van der Waals surface area contributed by atoms with Crippen LogP contribution in [0.1, 0.15) is 43.1 Å². The molecule has 1 aliphatic rings. The molecule has 0 spiro atoms. The van der Waals surface area contributed by atoms with Gasteiger partial charge in [-0.2, -0.15) is 0 Å². The van der Waals surface area contributed by atoms with E-state index < -0.39 is 0 Å². The number of aromatic nitrogens is 2. The largest absolute Gasteiger partial charge is 0.292 e. The molecule has 0 aliphatic heterocycles. The SMILES string of the molecule is CC1CCC(C(=O)c2ccncn2)CC1. The highest BCUT2D eigenvalue weighted by Gasteiger charge is 2.25. The minimum atomic E-state index is 0.191. The molecule has 1 aliphatic carbocycles. The molecular formula is C12H16N2O. The molecule has 0 aromatic carbocycles. The Balaban J connectivity index is 2.03. The number of carbonyl (C=O) groups is 1. The van der Waals surface area contributed by atoms with E-state index in [0.29, 0.717) is 5.69 Å². The van der Waals surface area contributed by atoms with E-state index in [0.717, 1.165) is 18.8 Å². The van der Waals surface area contributed by atoms with Crippen LogP contribution in [-0.4, -0.2) is 15.8 Å². The molecule has 0 bridgehead atoms. The van der Waals surface area contributed by atoms with Crippen molar-refractivity contribution in [3.05, 3.63) is 24.3 Å². The Kier molecular flexibility index (Phi) is 3.09. The second-order valence-electron chi connectivity index (χ2n) is 4.42. The van der Waals surface area contributed by atoms with Gasteiger partial charge in [0.1, 0.15) is 12.0 Å². The second kappa shape index (κ2) is 4.51. The summed E-state index contributed by atoms with van der Waals surface area (Å²) in [6.07, 6.45) is 7.45. The summed E-state index contributed by atoms with van der Waals surface area (Å²) in [5.74, 6) is 1.17. The van der Waals surface area contributed by atoms with E-state index in [4.69, 9.17) is 0 Å². The summed E-state index contributed by atoms with van der Waals surface area (Å²) in [7, 11) is 0. The number of hydrogen-bond donors (Lipinski definition) is 0. The minimum Gasteiger partial charge on any atom is -0.292 e. The lowest BCUT2D eigenvalue weighted by atomic mass is 9.80. The fourth-order valence-electron chi connectivity index (χ4n) is 2.17. The molecule has 1 saturated carbocycles. The van der Waals surface area contributed by atoms with Gasteiger partial charge in [-0.25, -0.2) is 9.97 Å². The summed E-state index contributed by atoms with van der Waals surface area (Å²) in [5, 5.41) is 0. The van der Waals surface area contributed by atoms with Crippen LogP contribution in [0.25, 0.3) is 0 Å². The fourth-order valence-corrected chi connectivity index (χ4v) is 2.17. The molecule has 0 N–H and O–H groups in total. The van der Waals surface area contributed by atoms with Gasteiger partial charge in [-0.15, -0.1) is 0 Å². The Morgan fingerprint density at radius 1 is 1.33 bits per heavy atom. The van der Waals surface area contributed by atoms with Crippen LogP contribution in [0.4, 0.5) is 0 Å². The first kappa shape index (κ1) is 10.3. The maximum atomic E-state index is 12.0. The quantitative estimate of drug-likeness (QED) is 0.695. The fraction of sp³-hybridized carbons (Fsp3) is 0.583. The van der Waals surface area contributed by atoms with Crippen LogP contribution in [-0.2, 0) is 0 Å². The highest BCUT2D eigenvalue weighted by molar-refractivity contribution is 5.95. The third kappa shape index (κ3) is 2.41. The topological polar surface area (TPSA) is 42.9 Å². The Morgan fingerprint density at radius 2 is 2.07 bits per heavy atom. The molecule has 3 nitrogen and oxygen atoms in total. The Hall–Kier alpha value is -1.25. The van der Waals surface area contributed by atoms with E-state index in [2.05, 4.69) is 16.9 Å². The molecular weight excluding hydrogens is 188 g/mol. The van der Waals surface area contributed by atoms with Gasteiger partial charge in [0.2, 0.25) is 0 Å². The van der Waals surface area contributed by atoms with Gasteiger partial charge in [-0.3, -0.25) is 4.79 Å². The van der Waals surface area contributed by atoms with Crippen molar-refractivity contribution in [1.29, 1.82) is 0 Å². The van der Waals surface area contributed by atoms with E-state index in [1.165, 1.54) is 19.2 Å². The van der Waals surface area contributed by atoms with Gasteiger partial charge >= 0.3 is 0 Å². The normalized spacial score (nSPS) is 26.2. The van der Waals surface area contributed by atoms with E-state index in [-0.39, 0.29) is 11.7 Å². The van der Waals surface area contributed by atoms with Crippen LogP contribution in [0, 0.1) is 11.8 Å². The first-order chi connectivity index (χ1) is 7.27. The van der Waals surface area contributed by atoms with Crippen LogP contribution in [0.15, 0.2) is 18.6 Å². The Morgan fingerprint density at radius 3 is 2.67 bits per heavy atom. The lowest BCUT2D eigenvalue weighted by Gasteiger charge is -2.24. The summed E-state index contributed by atoms with van der Waals surface area (Å²) >= 11 is 0. The van der Waals surface area contributed by atoms with Crippen molar-refractivity contribution < 1.29 is 4.79 Å². The highest BCUT2D eigenvalue weighted by atomic mass is 16.1. The lowest BCUT2D eigenvalue weighted by Crippen LogP contribution is -2.21. The Labute approximate surface area is 89.9 Å². The number of carbonyl (C=O) groups excluding carboxylic acids is 1. The number of rotatable bonds is 2. The molecule has 1 aromatic rings. The third-order valence-corrected chi connectivity index (χ3v) is 3.22. The van der Waals surface area contributed by atoms with Gasteiger partial charge in [0.15, 0.2) is 5.78 Å². The molecule has 80 valence electrons. The first-order valence-electron chi connectivity index (χ1n) is 5.57. The molecule has 0 unspecified atom stereocenters. The average Bonchev–Trinajstić information content (AvgIpc) is 2.30. The van der Waals surface area contributed by atoms with Crippen molar-refractivity contribution >= 4 is 5.78 Å². The van der Waals surface area contributed by atoms with Gasteiger partial charge in [-0.1, -0.05) is 19.8 Å². The van der Waals surface area contributed by atoms with E-state index in [1.807, 2.05) is 0 Å². The lowest BCUT2D eigenvalue weighted by molar-refractivity contribution is 0.0870. The average molecular weight is 204 g/mol. The van der Waals surface area contributed by atoms with Crippen LogP contribution in [0.2, 0.25) is 0 Å². The van der Waals surface area contributed by atoms with Crippen LogP contribution in [0.3, 0.4) is 0 Å². The molecule has 0 radical (unpaired) electrons. The van der Waals surface area contributed by atoms with Crippen molar-refractivity contribution in [1.82, 2.24) is 9.97 Å². The zero-order valence-corrected chi connectivity index (χ0v) is 9.02. The summed E-state index contributed by atoms with van der Waals surface area (Å²) in [4.78, 5) is 19.8. The summed E-state index contributed by atoms with van der Waals surface area (Å²) in [6, 6.07) is 1.71. The van der Waals surface area contributed by atoms with Gasteiger partial charge in [0, 0.05) is 12.1 Å². The standard InChI is InChI=1S/C12H16N2O/c1-9-2-4-10(5-3-9)12(15)11-6-7-13-8-14-11/h6-10H,2-5H2,1H3. The van der Waals surface area contributed by atoms with Crippen molar-refractivity contribution in [2.45, 2.75) is 32.6 Å². The molecule has 15 heavy (non-hydrogen) atoms. The van der Waals surface area contributed by atoms with Crippen molar-refractivity contribution in [2.24, 2.45) is 11.8 Å². The van der Waals surface area contributed by atoms with E-state index in [1.54, 1.807) is 12.3 Å². The van der Waals surface area contributed by atoms with Crippen molar-refractivity contribution in [3.63, 3.8) is 0 Å². The van der Waals surface area contributed by atoms with E-state index >= 15 is 0 Å². The van der Waals surface area contributed by atoms with Gasteiger partial charge in [-0.05, 0) is 24.8 Å². The number of hydrogen-bond acceptors (Lipinski definition) is 3. The second-order valence-corrected chi connectivity index (χ2v) is 4.42. The maximum absolute atomic E-state index is 12.0. The molecule has 1 aromatic heterocycles. The summed E-state index contributed by atoms with van der Waals surface area (Å²) in [6.45, 7) is 2.26. The van der Waals surface area contributed by atoms with Crippen LogP contribution >= 0.6 is 0 Å². The smallest absolute Gasteiger partial charge is 0.184 e. The van der Waals surface area contributed by atoms with Gasteiger partial charge in [0.05, 0.1) is 0 Å². The van der Waals surface area contributed by atoms with Crippen molar-refractivity contribution in [3.8, 4) is 0 Å². The molecule has 0 saturated heterocycles. The molecule has 0 atom stereocenters. The minimum absolute atomic E-state index is 0.191. The van der Waals surface area contributed by atoms with E-state index in [9.17, 15) is 4.79 Å². The monoisotopic (exact) mass is 204 g/mol. The van der Waals surface area contributed by atoms with Gasteiger partial charge in [0.25, 0.3) is 0 Å². The molecule has 1 fully saturated rings. The molecule has 2 rings (SSSR count). The maximum Gasteiger partial charge on any atom is 0.184 e. The molecule has 0 amide bonds. The molecule has 3 heteroatoms. The summed E-state index contributed by atoms with van der Waals surface area (Å²) < 4.78 is 0. The number of nitrogens with zero attached hydrogens (tertiary/aromatic N) is 2. The number of ketones is 1. The zero-order chi connectivity index (χ0) is 10.7. The Bertz CT molecular complexity index is 329. The predicted octanol–water partition coefficient (Wildman–Crippen LogP) is 2.49. The summed E-state index contributed by atoms with van der Waals surface area (Å²) in [5.41, 5.74) is 0.574. The van der Waals surface area contributed by atoms with Gasteiger partial charge < -0.3 is 0 Å². The predicted molar refractivity (Wildman–Crippen MR) is 57.5 cm³/mol. The number of Topliss-reactive ketones (excluding diaryl/α,β-unsaturated/α-hetero) is 1. The van der Waals surface area contributed by atoms with Crippen LogP contribution in [0.5, 0.6) is 0 Å². The van der Waals surface area contributed by atoms with Crippen molar-refractivity contribution in [2.75, 3.05) is 0 Å². The highest BCUT2D eigenvalue weighted by Crippen LogP contribution is 2.30. The first-order valence-corrected chi connectivity index (χ1v) is 5.57. The van der Waals surface area contributed by atoms with Crippen LogP contribution < -0.4 is 0 Å².